The summed E-state index contributed by atoms with van der Waals surface area (Å²) in [6.07, 6.45) is 7.76. The third-order valence-corrected chi connectivity index (χ3v) is 2.89. The number of aromatic nitrogens is 2. The smallest absolute Gasteiger partial charge is 0.0917 e. The number of aryl methyl sites for hydroxylation is 1. The number of rotatable bonds is 5. The standard InChI is InChI=1S/C10H14N2OS/c1-3-5-6-7-9(13)10-8(4-2)11-12-14-10/h1,9,13H,4-7H2,2H3. The van der Waals surface area contributed by atoms with Crippen LogP contribution in [0.4, 0.5) is 0 Å². The number of aliphatic hydroxyl groups is 1. The van der Waals surface area contributed by atoms with Crippen molar-refractivity contribution < 1.29 is 5.11 Å². The van der Waals surface area contributed by atoms with Crippen molar-refractivity contribution >= 4 is 11.5 Å². The average Bonchev–Trinajstić information content (AvgIpc) is 2.65. The van der Waals surface area contributed by atoms with E-state index in [1.807, 2.05) is 6.92 Å². The zero-order valence-electron chi connectivity index (χ0n) is 8.23. The Kier molecular flexibility index (Phi) is 4.57. The van der Waals surface area contributed by atoms with Gasteiger partial charge in [-0.15, -0.1) is 17.4 Å². The lowest BCUT2D eigenvalue weighted by molar-refractivity contribution is 0.167. The molecular weight excluding hydrogens is 196 g/mol. The average molecular weight is 210 g/mol. The summed E-state index contributed by atoms with van der Waals surface area (Å²) in [7, 11) is 0. The summed E-state index contributed by atoms with van der Waals surface area (Å²) < 4.78 is 3.83. The zero-order valence-corrected chi connectivity index (χ0v) is 9.05. The lowest BCUT2D eigenvalue weighted by Crippen LogP contribution is -1.98. The highest BCUT2D eigenvalue weighted by molar-refractivity contribution is 7.05. The Morgan fingerprint density at radius 1 is 1.64 bits per heavy atom. The van der Waals surface area contributed by atoms with Crippen LogP contribution in [0.5, 0.6) is 0 Å². The van der Waals surface area contributed by atoms with Crippen molar-refractivity contribution in [3.63, 3.8) is 0 Å². The van der Waals surface area contributed by atoms with Crippen LogP contribution in [-0.2, 0) is 6.42 Å². The van der Waals surface area contributed by atoms with Crippen molar-refractivity contribution in [2.24, 2.45) is 0 Å². The monoisotopic (exact) mass is 210 g/mol. The molecule has 0 spiro atoms. The summed E-state index contributed by atoms with van der Waals surface area (Å²) in [6, 6.07) is 0. The summed E-state index contributed by atoms with van der Waals surface area (Å²) in [6.45, 7) is 2.01. The normalized spacial score (nSPS) is 12.4. The highest BCUT2D eigenvalue weighted by atomic mass is 32.1. The van der Waals surface area contributed by atoms with Gasteiger partial charge in [-0.1, -0.05) is 11.4 Å². The van der Waals surface area contributed by atoms with Crippen molar-refractivity contribution in [3.05, 3.63) is 10.6 Å². The predicted molar refractivity (Wildman–Crippen MR) is 56.9 cm³/mol. The molecule has 14 heavy (non-hydrogen) atoms. The Hall–Kier alpha value is -0.920. The van der Waals surface area contributed by atoms with E-state index in [4.69, 9.17) is 6.42 Å². The van der Waals surface area contributed by atoms with E-state index in [0.29, 0.717) is 12.8 Å². The van der Waals surface area contributed by atoms with Gasteiger partial charge in [0.2, 0.25) is 0 Å². The van der Waals surface area contributed by atoms with Gasteiger partial charge in [-0.25, -0.2) is 0 Å². The molecule has 76 valence electrons. The molecule has 0 radical (unpaired) electrons. The molecule has 4 heteroatoms. The van der Waals surface area contributed by atoms with Crippen LogP contribution in [0.3, 0.4) is 0 Å². The van der Waals surface area contributed by atoms with Crippen molar-refractivity contribution in [1.82, 2.24) is 9.59 Å². The first-order valence-corrected chi connectivity index (χ1v) is 5.49. The maximum absolute atomic E-state index is 9.81. The van der Waals surface area contributed by atoms with E-state index in [-0.39, 0.29) is 0 Å². The molecule has 3 nitrogen and oxygen atoms in total. The lowest BCUT2D eigenvalue weighted by Gasteiger charge is -2.07. The van der Waals surface area contributed by atoms with Crippen molar-refractivity contribution in [1.29, 1.82) is 0 Å². The van der Waals surface area contributed by atoms with E-state index < -0.39 is 6.10 Å². The Balaban J connectivity index is 2.52. The van der Waals surface area contributed by atoms with E-state index in [1.165, 1.54) is 11.5 Å². The number of hydrogen-bond acceptors (Lipinski definition) is 4. The molecule has 0 saturated carbocycles. The van der Waals surface area contributed by atoms with Gasteiger partial charge in [-0.2, -0.15) is 0 Å². The minimum absolute atomic E-state index is 0.446. The summed E-state index contributed by atoms with van der Waals surface area (Å²) in [5.74, 6) is 2.56. The van der Waals surface area contributed by atoms with E-state index >= 15 is 0 Å². The number of aliphatic hydroxyl groups excluding tert-OH is 1. The summed E-state index contributed by atoms with van der Waals surface area (Å²) in [4.78, 5) is 0.893. The molecule has 1 unspecified atom stereocenters. The molecule has 1 aromatic rings. The predicted octanol–water partition coefficient (Wildman–Crippen LogP) is 1.94. The molecule has 1 N–H and O–H groups in total. The molecule has 0 aliphatic rings. The van der Waals surface area contributed by atoms with Gasteiger partial charge < -0.3 is 5.11 Å². The quantitative estimate of drug-likeness (QED) is 0.596. The third-order valence-electron chi connectivity index (χ3n) is 2.02. The minimum atomic E-state index is -0.446. The van der Waals surface area contributed by atoms with Gasteiger partial charge in [-0.05, 0) is 30.8 Å². The second kappa shape index (κ2) is 5.74. The number of hydrogen-bond donors (Lipinski definition) is 1. The summed E-state index contributed by atoms with van der Waals surface area (Å²) in [5, 5.41) is 13.8. The third kappa shape index (κ3) is 2.79. The van der Waals surface area contributed by atoms with Gasteiger partial charge in [0.1, 0.15) is 0 Å². The van der Waals surface area contributed by atoms with Gasteiger partial charge >= 0.3 is 0 Å². The topological polar surface area (TPSA) is 46.0 Å². The highest BCUT2D eigenvalue weighted by Gasteiger charge is 2.14. The van der Waals surface area contributed by atoms with Crippen LogP contribution < -0.4 is 0 Å². The molecule has 1 heterocycles. The summed E-state index contributed by atoms with van der Waals surface area (Å²) in [5.41, 5.74) is 0.906. The fourth-order valence-corrected chi connectivity index (χ4v) is 2.00. The molecule has 0 saturated heterocycles. The molecule has 0 aromatic carbocycles. The van der Waals surface area contributed by atoms with Crippen LogP contribution in [-0.4, -0.2) is 14.7 Å². The second-order valence-electron chi connectivity index (χ2n) is 3.05. The van der Waals surface area contributed by atoms with E-state index in [0.717, 1.165) is 23.4 Å². The molecule has 0 fully saturated rings. The SMILES string of the molecule is C#CCCCC(O)c1snnc1CC. The van der Waals surface area contributed by atoms with Crippen molar-refractivity contribution in [2.45, 2.75) is 38.7 Å². The van der Waals surface area contributed by atoms with Crippen LogP contribution >= 0.6 is 11.5 Å². The van der Waals surface area contributed by atoms with Crippen LogP contribution in [0.25, 0.3) is 0 Å². The maximum Gasteiger partial charge on any atom is 0.0917 e. The molecule has 1 aromatic heterocycles. The molecule has 1 rings (SSSR count). The van der Waals surface area contributed by atoms with E-state index in [2.05, 4.69) is 15.5 Å². The first kappa shape index (κ1) is 11.2. The van der Waals surface area contributed by atoms with Crippen molar-refractivity contribution in [3.8, 4) is 12.3 Å². The van der Waals surface area contributed by atoms with Gasteiger partial charge in [0, 0.05) is 6.42 Å². The van der Waals surface area contributed by atoms with Crippen LogP contribution in [0, 0.1) is 12.3 Å². The fourth-order valence-electron chi connectivity index (χ4n) is 1.24. The Bertz CT molecular complexity index is 316. The summed E-state index contributed by atoms with van der Waals surface area (Å²) >= 11 is 1.28. The Morgan fingerprint density at radius 3 is 3.07 bits per heavy atom. The maximum atomic E-state index is 9.81. The molecular formula is C10H14N2OS. The van der Waals surface area contributed by atoms with E-state index in [9.17, 15) is 5.11 Å². The molecule has 1 atom stereocenters. The van der Waals surface area contributed by atoms with Crippen LogP contribution in [0.15, 0.2) is 0 Å². The largest absolute Gasteiger partial charge is 0.387 e. The van der Waals surface area contributed by atoms with Gasteiger partial charge in [0.25, 0.3) is 0 Å². The molecule has 0 amide bonds. The van der Waals surface area contributed by atoms with Crippen LogP contribution in [0.1, 0.15) is 42.9 Å². The van der Waals surface area contributed by atoms with Gasteiger partial charge in [0.05, 0.1) is 16.7 Å². The van der Waals surface area contributed by atoms with Crippen LogP contribution in [0.2, 0.25) is 0 Å². The first-order valence-electron chi connectivity index (χ1n) is 4.72. The molecule has 0 bridgehead atoms. The zero-order chi connectivity index (χ0) is 10.4. The first-order chi connectivity index (χ1) is 6.79. The molecule has 0 aliphatic carbocycles. The fraction of sp³-hybridized carbons (Fsp3) is 0.600. The number of terminal acetylenes is 1. The number of unbranched alkanes of at least 4 members (excludes halogenated alkanes) is 1. The van der Waals surface area contributed by atoms with Crippen molar-refractivity contribution in [2.75, 3.05) is 0 Å². The highest BCUT2D eigenvalue weighted by Crippen LogP contribution is 2.24. The van der Waals surface area contributed by atoms with E-state index in [1.54, 1.807) is 0 Å². The second-order valence-corrected chi connectivity index (χ2v) is 3.84. The number of nitrogens with zero attached hydrogens (tertiary/aromatic N) is 2. The molecule has 0 aliphatic heterocycles. The minimum Gasteiger partial charge on any atom is -0.387 e. The Morgan fingerprint density at radius 2 is 2.43 bits per heavy atom. The lowest BCUT2D eigenvalue weighted by atomic mass is 10.1. The van der Waals surface area contributed by atoms with Gasteiger partial charge in [-0.3, -0.25) is 0 Å². The Labute approximate surface area is 88.3 Å². The van der Waals surface area contributed by atoms with Gasteiger partial charge in [0.15, 0.2) is 0 Å².